The van der Waals surface area contributed by atoms with Gasteiger partial charge < -0.3 is 20.1 Å². The van der Waals surface area contributed by atoms with E-state index < -0.39 is 0 Å². The summed E-state index contributed by atoms with van der Waals surface area (Å²) >= 11 is 3.54. The average molecular weight is 317 g/mol. The van der Waals surface area contributed by atoms with Gasteiger partial charge in [0.05, 0.1) is 13.2 Å². The predicted octanol–water partition coefficient (Wildman–Crippen LogP) is 2.01. The van der Waals surface area contributed by atoms with Crippen LogP contribution in [0.2, 0.25) is 0 Å². The van der Waals surface area contributed by atoms with Crippen molar-refractivity contribution in [3.05, 3.63) is 28.2 Å². The van der Waals surface area contributed by atoms with Gasteiger partial charge in [0.25, 0.3) is 0 Å². The molecule has 0 saturated carbocycles. The standard InChI is InChI=1S/C13H21BrN2O2/c1-17-8-6-16(7-9-18-2)13-5-3-4-12(14)11(13)10-15/h3-5H,6-10,15H2,1-2H3. The van der Waals surface area contributed by atoms with E-state index in [1.54, 1.807) is 14.2 Å². The Hall–Kier alpha value is -0.620. The van der Waals surface area contributed by atoms with E-state index in [1.165, 1.54) is 0 Å². The van der Waals surface area contributed by atoms with Crippen LogP contribution in [0.15, 0.2) is 22.7 Å². The van der Waals surface area contributed by atoms with Crippen molar-refractivity contribution in [3.8, 4) is 0 Å². The van der Waals surface area contributed by atoms with Gasteiger partial charge in [0, 0.05) is 49.6 Å². The summed E-state index contributed by atoms with van der Waals surface area (Å²) in [5.74, 6) is 0. The van der Waals surface area contributed by atoms with Gasteiger partial charge >= 0.3 is 0 Å². The van der Waals surface area contributed by atoms with Crippen molar-refractivity contribution in [2.45, 2.75) is 6.54 Å². The number of anilines is 1. The molecule has 1 aromatic rings. The molecule has 1 rings (SSSR count). The first kappa shape index (κ1) is 15.4. The average Bonchev–Trinajstić information content (AvgIpc) is 2.39. The number of hydrogen-bond acceptors (Lipinski definition) is 4. The van der Waals surface area contributed by atoms with Gasteiger partial charge in [-0.25, -0.2) is 0 Å². The van der Waals surface area contributed by atoms with Gasteiger partial charge in [-0.05, 0) is 12.1 Å². The summed E-state index contributed by atoms with van der Waals surface area (Å²) in [4.78, 5) is 2.24. The number of methoxy groups -OCH3 is 2. The molecule has 0 aliphatic carbocycles. The number of nitrogens with two attached hydrogens (primary N) is 1. The SMILES string of the molecule is COCCN(CCOC)c1cccc(Br)c1CN. The Labute approximate surface area is 117 Å². The van der Waals surface area contributed by atoms with Crippen molar-refractivity contribution in [2.24, 2.45) is 5.73 Å². The van der Waals surface area contributed by atoms with E-state index in [1.807, 2.05) is 12.1 Å². The highest BCUT2D eigenvalue weighted by Gasteiger charge is 2.12. The quantitative estimate of drug-likeness (QED) is 0.797. The van der Waals surface area contributed by atoms with Crippen molar-refractivity contribution >= 4 is 21.6 Å². The van der Waals surface area contributed by atoms with E-state index in [-0.39, 0.29) is 0 Å². The molecule has 0 aliphatic rings. The van der Waals surface area contributed by atoms with Crippen LogP contribution >= 0.6 is 15.9 Å². The van der Waals surface area contributed by atoms with Gasteiger partial charge in [-0.2, -0.15) is 0 Å². The third-order valence-corrected chi connectivity index (χ3v) is 3.51. The lowest BCUT2D eigenvalue weighted by atomic mass is 10.1. The number of rotatable bonds is 8. The van der Waals surface area contributed by atoms with Gasteiger partial charge in [0.2, 0.25) is 0 Å². The number of halogens is 1. The van der Waals surface area contributed by atoms with Crippen LogP contribution in [0, 0.1) is 0 Å². The predicted molar refractivity (Wildman–Crippen MR) is 78.0 cm³/mol. The van der Waals surface area contributed by atoms with Crippen LogP contribution in [-0.4, -0.2) is 40.5 Å². The van der Waals surface area contributed by atoms with Crippen molar-refractivity contribution in [1.82, 2.24) is 0 Å². The Morgan fingerprint density at radius 1 is 1.17 bits per heavy atom. The first-order valence-corrected chi connectivity index (χ1v) is 6.74. The van der Waals surface area contributed by atoms with E-state index in [4.69, 9.17) is 15.2 Å². The Kier molecular flexibility index (Phi) is 7.27. The monoisotopic (exact) mass is 316 g/mol. The highest BCUT2D eigenvalue weighted by atomic mass is 79.9. The molecule has 4 nitrogen and oxygen atoms in total. The summed E-state index contributed by atoms with van der Waals surface area (Å²) in [7, 11) is 3.42. The molecule has 0 aliphatic heterocycles. The highest BCUT2D eigenvalue weighted by molar-refractivity contribution is 9.10. The van der Waals surface area contributed by atoms with Crippen molar-refractivity contribution in [3.63, 3.8) is 0 Å². The molecule has 18 heavy (non-hydrogen) atoms. The van der Waals surface area contributed by atoms with Gasteiger partial charge in [0.1, 0.15) is 0 Å². The van der Waals surface area contributed by atoms with Crippen LogP contribution in [0.3, 0.4) is 0 Å². The van der Waals surface area contributed by atoms with Gasteiger partial charge in [-0.1, -0.05) is 22.0 Å². The van der Waals surface area contributed by atoms with Gasteiger partial charge in [-0.3, -0.25) is 0 Å². The lowest BCUT2D eigenvalue weighted by molar-refractivity contribution is 0.190. The molecule has 0 unspecified atom stereocenters. The number of benzene rings is 1. The van der Waals surface area contributed by atoms with E-state index in [0.29, 0.717) is 19.8 Å². The van der Waals surface area contributed by atoms with E-state index in [9.17, 15) is 0 Å². The van der Waals surface area contributed by atoms with Crippen LogP contribution in [0.25, 0.3) is 0 Å². The minimum atomic E-state index is 0.507. The van der Waals surface area contributed by atoms with Crippen LogP contribution in [-0.2, 0) is 16.0 Å². The summed E-state index contributed by atoms with van der Waals surface area (Å²) in [6, 6.07) is 6.11. The summed E-state index contributed by atoms with van der Waals surface area (Å²) in [5, 5.41) is 0. The second-order valence-corrected chi connectivity index (χ2v) is 4.77. The molecule has 0 radical (unpaired) electrons. The molecule has 0 heterocycles. The zero-order valence-electron chi connectivity index (χ0n) is 11.0. The number of hydrogen-bond donors (Lipinski definition) is 1. The molecule has 0 fully saturated rings. The fraction of sp³-hybridized carbons (Fsp3) is 0.538. The molecule has 0 saturated heterocycles. The molecule has 102 valence electrons. The minimum absolute atomic E-state index is 0.507. The van der Waals surface area contributed by atoms with Crippen molar-refractivity contribution < 1.29 is 9.47 Å². The zero-order valence-corrected chi connectivity index (χ0v) is 12.6. The number of nitrogens with zero attached hydrogens (tertiary/aromatic N) is 1. The highest BCUT2D eigenvalue weighted by Crippen LogP contribution is 2.27. The van der Waals surface area contributed by atoms with E-state index >= 15 is 0 Å². The maximum Gasteiger partial charge on any atom is 0.0637 e. The third-order valence-electron chi connectivity index (χ3n) is 2.77. The largest absolute Gasteiger partial charge is 0.383 e. The summed E-state index contributed by atoms with van der Waals surface area (Å²) in [6.45, 7) is 3.51. The Morgan fingerprint density at radius 3 is 2.28 bits per heavy atom. The molecule has 0 spiro atoms. The normalized spacial score (nSPS) is 10.7. The first-order chi connectivity index (χ1) is 8.74. The molecule has 0 atom stereocenters. The lowest BCUT2D eigenvalue weighted by Crippen LogP contribution is -2.31. The molecule has 0 bridgehead atoms. The fourth-order valence-electron chi connectivity index (χ4n) is 1.80. The molecule has 2 N–H and O–H groups in total. The van der Waals surface area contributed by atoms with Crippen LogP contribution in [0.5, 0.6) is 0 Å². The maximum absolute atomic E-state index is 5.83. The topological polar surface area (TPSA) is 47.7 Å². The van der Waals surface area contributed by atoms with E-state index in [0.717, 1.165) is 28.8 Å². The summed E-state index contributed by atoms with van der Waals surface area (Å²) in [6.07, 6.45) is 0. The Balaban J connectivity index is 2.91. The minimum Gasteiger partial charge on any atom is -0.383 e. The summed E-state index contributed by atoms with van der Waals surface area (Å²) < 4.78 is 11.3. The van der Waals surface area contributed by atoms with Crippen LogP contribution < -0.4 is 10.6 Å². The molecular formula is C13H21BrN2O2. The molecular weight excluding hydrogens is 296 g/mol. The van der Waals surface area contributed by atoms with Gasteiger partial charge in [-0.15, -0.1) is 0 Å². The number of ether oxygens (including phenoxy) is 2. The maximum atomic E-state index is 5.83. The lowest BCUT2D eigenvalue weighted by Gasteiger charge is -2.27. The molecule has 0 amide bonds. The van der Waals surface area contributed by atoms with Crippen molar-refractivity contribution in [2.75, 3.05) is 45.4 Å². The van der Waals surface area contributed by atoms with E-state index in [2.05, 4.69) is 26.9 Å². The molecule has 5 heteroatoms. The zero-order chi connectivity index (χ0) is 13.4. The third kappa shape index (κ3) is 4.24. The second kappa shape index (κ2) is 8.48. The molecule has 0 aromatic heterocycles. The van der Waals surface area contributed by atoms with Crippen LogP contribution in [0.4, 0.5) is 5.69 Å². The van der Waals surface area contributed by atoms with Crippen molar-refractivity contribution in [1.29, 1.82) is 0 Å². The fourth-order valence-corrected chi connectivity index (χ4v) is 2.32. The Bertz CT molecular complexity index is 353. The smallest absolute Gasteiger partial charge is 0.0637 e. The first-order valence-electron chi connectivity index (χ1n) is 5.94. The second-order valence-electron chi connectivity index (χ2n) is 3.91. The molecule has 1 aromatic carbocycles. The summed E-state index contributed by atoms with van der Waals surface area (Å²) in [5.41, 5.74) is 8.08. The Morgan fingerprint density at radius 2 is 1.78 bits per heavy atom. The van der Waals surface area contributed by atoms with Gasteiger partial charge in [0.15, 0.2) is 0 Å². The van der Waals surface area contributed by atoms with Crippen LogP contribution in [0.1, 0.15) is 5.56 Å².